The normalized spacial score (nSPS) is 11.5. The fraction of sp³-hybridized carbons (Fsp3) is 0.333. The molecule has 2 rings (SSSR count). The van der Waals surface area contributed by atoms with Crippen LogP contribution in [0, 0.1) is 0 Å². The molecule has 1 unspecified atom stereocenters. The van der Waals surface area contributed by atoms with Crippen molar-refractivity contribution in [1.29, 1.82) is 0 Å². The first-order valence-corrected chi connectivity index (χ1v) is 8.74. The minimum atomic E-state index is -0.113. The summed E-state index contributed by atoms with van der Waals surface area (Å²) in [4.78, 5) is 25.7. The summed E-state index contributed by atoms with van der Waals surface area (Å²) >= 11 is 0. The van der Waals surface area contributed by atoms with Crippen LogP contribution in [-0.2, 0) is 16.0 Å². The number of ether oxygens (including phenoxy) is 1. The molecule has 0 aliphatic rings. The molecule has 0 aliphatic carbocycles. The van der Waals surface area contributed by atoms with Gasteiger partial charge in [0.2, 0.25) is 11.8 Å². The lowest BCUT2D eigenvalue weighted by molar-refractivity contribution is -0.132. The van der Waals surface area contributed by atoms with Gasteiger partial charge >= 0.3 is 0 Å². The largest absolute Gasteiger partial charge is 0.497 e. The van der Waals surface area contributed by atoms with Crippen molar-refractivity contribution in [2.75, 3.05) is 19.0 Å². The lowest BCUT2D eigenvalue weighted by Gasteiger charge is -2.29. The molecule has 0 bridgehead atoms. The topological polar surface area (TPSA) is 58.6 Å². The van der Waals surface area contributed by atoms with Crippen LogP contribution in [0.1, 0.15) is 37.9 Å². The van der Waals surface area contributed by atoms with E-state index in [0.717, 1.165) is 22.6 Å². The van der Waals surface area contributed by atoms with Crippen LogP contribution in [0.25, 0.3) is 0 Å². The van der Waals surface area contributed by atoms with E-state index in [9.17, 15) is 9.59 Å². The summed E-state index contributed by atoms with van der Waals surface area (Å²) < 4.78 is 5.28. The Morgan fingerprint density at radius 2 is 1.85 bits per heavy atom. The molecule has 0 aliphatic heterocycles. The summed E-state index contributed by atoms with van der Waals surface area (Å²) in [5.74, 6) is 0.736. The number of anilines is 1. The van der Waals surface area contributed by atoms with Gasteiger partial charge in [-0.2, -0.15) is 0 Å². The predicted octanol–water partition coefficient (Wildman–Crippen LogP) is 3.81. The van der Waals surface area contributed by atoms with Crippen LogP contribution in [0.5, 0.6) is 5.75 Å². The van der Waals surface area contributed by atoms with E-state index in [4.69, 9.17) is 4.74 Å². The Morgan fingerprint density at radius 3 is 2.42 bits per heavy atom. The van der Waals surface area contributed by atoms with Crippen LogP contribution in [0.2, 0.25) is 0 Å². The zero-order valence-corrected chi connectivity index (χ0v) is 15.8. The number of methoxy groups -OCH3 is 1. The molecule has 26 heavy (non-hydrogen) atoms. The first-order valence-electron chi connectivity index (χ1n) is 8.74. The molecule has 5 nitrogen and oxygen atoms in total. The molecule has 2 amide bonds. The smallest absolute Gasteiger partial charge is 0.227 e. The molecule has 0 saturated carbocycles. The first kappa shape index (κ1) is 19.5. The number of hydrogen-bond donors (Lipinski definition) is 1. The van der Waals surface area contributed by atoms with Crippen LogP contribution >= 0.6 is 0 Å². The second-order valence-corrected chi connectivity index (χ2v) is 6.19. The van der Waals surface area contributed by atoms with Crippen LogP contribution in [0.15, 0.2) is 48.5 Å². The molecule has 0 radical (unpaired) electrons. The third kappa shape index (κ3) is 5.09. The molecule has 2 aromatic rings. The highest BCUT2D eigenvalue weighted by atomic mass is 16.5. The number of carbonyl (C=O) groups excluding carboxylic acids is 2. The first-order chi connectivity index (χ1) is 12.4. The Hall–Kier alpha value is -2.82. The summed E-state index contributed by atoms with van der Waals surface area (Å²) in [6.07, 6.45) is 0.322. The maximum absolute atomic E-state index is 12.8. The van der Waals surface area contributed by atoms with Crippen LogP contribution in [0.3, 0.4) is 0 Å². The maximum Gasteiger partial charge on any atom is 0.227 e. The zero-order chi connectivity index (χ0) is 19.1. The summed E-state index contributed by atoms with van der Waals surface area (Å²) in [6.45, 7) is 6.10. The van der Waals surface area contributed by atoms with Gasteiger partial charge in [0.15, 0.2) is 0 Å². The van der Waals surface area contributed by atoms with Crippen molar-refractivity contribution in [1.82, 2.24) is 4.90 Å². The lowest BCUT2D eigenvalue weighted by atomic mass is 10.0. The maximum atomic E-state index is 12.8. The van der Waals surface area contributed by atoms with E-state index < -0.39 is 0 Å². The van der Waals surface area contributed by atoms with E-state index >= 15 is 0 Å². The van der Waals surface area contributed by atoms with E-state index in [1.807, 2.05) is 67.3 Å². The van der Waals surface area contributed by atoms with Crippen molar-refractivity contribution in [3.8, 4) is 5.75 Å². The number of carbonyl (C=O) groups is 2. The highest BCUT2D eigenvalue weighted by Gasteiger charge is 2.20. The second kappa shape index (κ2) is 9.04. The van der Waals surface area contributed by atoms with Crippen molar-refractivity contribution < 1.29 is 14.3 Å². The Morgan fingerprint density at radius 1 is 1.15 bits per heavy atom. The Labute approximate surface area is 155 Å². The van der Waals surface area contributed by atoms with Crippen molar-refractivity contribution in [3.05, 3.63) is 59.7 Å². The molecule has 1 atom stereocenters. The molecule has 5 heteroatoms. The van der Waals surface area contributed by atoms with E-state index in [0.29, 0.717) is 13.0 Å². The van der Waals surface area contributed by atoms with Crippen molar-refractivity contribution >= 4 is 17.5 Å². The molecule has 1 N–H and O–H groups in total. The SMILES string of the molecule is CCN(C(=O)Cc1ccc(NC(C)=O)cc1)C(C)c1cccc(OC)c1. The van der Waals surface area contributed by atoms with Gasteiger partial charge in [-0.1, -0.05) is 24.3 Å². The van der Waals surface area contributed by atoms with Crippen molar-refractivity contribution in [2.45, 2.75) is 33.2 Å². The van der Waals surface area contributed by atoms with Gasteiger partial charge in [-0.05, 0) is 49.2 Å². The average molecular weight is 354 g/mol. The van der Waals surface area contributed by atoms with Gasteiger partial charge in [-0.25, -0.2) is 0 Å². The Bertz CT molecular complexity index is 756. The molecule has 0 fully saturated rings. The third-order valence-electron chi connectivity index (χ3n) is 4.33. The van der Waals surface area contributed by atoms with Gasteiger partial charge in [0, 0.05) is 19.2 Å². The van der Waals surface area contributed by atoms with Gasteiger partial charge in [0.1, 0.15) is 5.75 Å². The Balaban J connectivity index is 2.08. The molecular weight excluding hydrogens is 328 g/mol. The van der Waals surface area contributed by atoms with Gasteiger partial charge < -0.3 is 15.0 Å². The van der Waals surface area contributed by atoms with Gasteiger partial charge in [0.05, 0.1) is 19.6 Å². The third-order valence-corrected chi connectivity index (χ3v) is 4.33. The molecule has 138 valence electrons. The zero-order valence-electron chi connectivity index (χ0n) is 15.8. The lowest BCUT2D eigenvalue weighted by Crippen LogP contribution is -2.34. The number of nitrogens with one attached hydrogen (secondary N) is 1. The van der Waals surface area contributed by atoms with Crippen molar-refractivity contribution in [2.24, 2.45) is 0 Å². The molecule has 0 saturated heterocycles. The quantitative estimate of drug-likeness (QED) is 0.823. The number of likely N-dealkylation sites (N-methyl/N-ethyl adjacent to an activating group) is 1. The van der Waals surface area contributed by atoms with E-state index in [1.165, 1.54) is 6.92 Å². The van der Waals surface area contributed by atoms with Gasteiger partial charge in [-0.15, -0.1) is 0 Å². The monoisotopic (exact) mass is 354 g/mol. The number of amides is 2. The standard InChI is InChI=1S/C21H26N2O3/c1-5-23(15(2)18-7-6-8-20(14-18)26-4)21(25)13-17-9-11-19(12-10-17)22-16(3)24/h6-12,14-15H,5,13H2,1-4H3,(H,22,24). The number of rotatable bonds is 7. The minimum Gasteiger partial charge on any atom is -0.497 e. The number of hydrogen-bond acceptors (Lipinski definition) is 3. The predicted molar refractivity (Wildman–Crippen MR) is 103 cm³/mol. The fourth-order valence-corrected chi connectivity index (χ4v) is 2.93. The molecule has 2 aromatic carbocycles. The van der Waals surface area contributed by atoms with Crippen LogP contribution < -0.4 is 10.1 Å². The van der Waals surface area contributed by atoms with E-state index in [-0.39, 0.29) is 17.9 Å². The summed E-state index contributed by atoms with van der Waals surface area (Å²) in [5, 5.41) is 2.72. The highest BCUT2D eigenvalue weighted by Crippen LogP contribution is 2.24. The number of nitrogens with zero attached hydrogens (tertiary/aromatic N) is 1. The van der Waals surface area contributed by atoms with Gasteiger partial charge in [0.25, 0.3) is 0 Å². The Kier molecular flexibility index (Phi) is 6.78. The van der Waals surface area contributed by atoms with Crippen molar-refractivity contribution in [3.63, 3.8) is 0 Å². The molecular formula is C21H26N2O3. The minimum absolute atomic E-state index is 0.0405. The van der Waals surface area contributed by atoms with Crippen LogP contribution in [-0.4, -0.2) is 30.4 Å². The fourth-order valence-electron chi connectivity index (χ4n) is 2.93. The van der Waals surface area contributed by atoms with Crippen LogP contribution in [0.4, 0.5) is 5.69 Å². The summed E-state index contributed by atoms with van der Waals surface area (Å²) in [7, 11) is 1.64. The van der Waals surface area contributed by atoms with E-state index in [1.54, 1.807) is 7.11 Å². The highest BCUT2D eigenvalue weighted by molar-refractivity contribution is 5.88. The number of benzene rings is 2. The molecule has 0 heterocycles. The second-order valence-electron chi connectivity index (χ2n) is 6.19. The molecule has 0 spiro atoms. The van der Waals surface area contributed by atoms with Gasteiger partial charge in [-0.3, -0.25) is 9.59 Å². The summed E-state index contributed by atoms with van der Waals surface area (Å²) in [6, 6.07) is 15.1. The average Bonchev–Trinajstić information content (AvgIpc) is 2.63. The van der Waals surface area contributed by atoms with E-state index in [2.05, 4.69) is 5.32 Å². The summed E-state index contributed by atoms with van der Waals surface area (Å²) in [5.41, 5.74) is 2.69. The molecule has 0 aromatic heterocycles.